The van der Waals surface area contributed by atoms with Crippen LogP contribution >= 0.6 is 11.3 Å². The highest BCUT2D eigenvalue weighted by Gasteiger charge is 2.26. The fraction of sp³-hybridized carbons (Fsp3) is 0.562. The first-order valence-corrected chi connectivity index (χ1v) is 8.85. The van der Waals surface area contributed by atoms with Gasteiger partial charge in [0.15, 0.2) is 5.82 Å². The molecule has 2 aromatic heterocycles. The predicted octanol–water partition coefficient (Wildman–Crippen LogP) is 2.85. The Morgan fingerprint density at radius 1 is 1.33 bits per heavy atom. The maximum atomic E-state index is 12.1. The number of nitrogens with zero attached hydrogens (tertiary/aromatic N) is 4. The topological polar surface area (TPSA) is 71.7 Å². The number of piperazine rings is 1. The second-order valence-corrected chi connectivity index (χ2v) is 7.68. The van der Waals surface area contributed by atoms with E-state index in [2.05, 4.69) is 15.0 Å². The second kappa shape index (κ2) is 6.90. The summed E-state index contributed by atoms with van der Waals surface area (Å²) in [6.45, 7) is 9.07. The summed E-state index contributed by atoms with van der Waals surface area (Å²) >= 11 is 1.58. The van der Waals surface area contributed by atoms with E-state index >= 15 is 0 Å². The van der Waals surface area contributed by atoms with E-state index in [9.17, 15) is 4.79 Å². The maximum absolute atomic E-state index is 12.1. The minimum atomic E-state index is -0.461. The lowest BCUT2D eigenvalue weighted by Gasteiger charge is -2.35. The molecule has 24 heavy (non-hydrogen) atoms. The van der Waals surface area contributed by atoms with Crippen molar-refractivity contribution >= 4 is 17.4 Å². The van der Waals surface area contributed by atoms with Crippen molar-refractivity contribution < 1.29 is 14.1 Å². The van der Waals surface area contributed by atoms with E-state index in [0.717, 1.165) is 18.0 Å². The lowest BCUT2D eigenvalue weighted by molar-refractivity contribution is 0.0136. The lowest BCUT2D eigenvalue weighted by atomic mass is 10.2. The van der Waals surface area contributed by atoms with E-state index in [0.29, 0.717) is 31.3 Å². The van der Waals surface area contributed by atoms with Gasteiger partial charge in [0.2, 0.25) is 0 Å². The molecule has 0 saturated carbocycles. The fourth-order valence-corrected chi connectivity index (χ4v) is 3.08. The van der Waals surface area contributed by atoms with Gasteiger partial charge in [-0.2, -0.15) is 4.98 Å². The van der Waals surface area contributed by atoms with Crippen LogP contribution in [0.3, 0.4) is 0 Å². The third-order valence-corrected chi connectivity index (χ3v) is 4.45. The van der Waals surface area contributed by atoms with Gasteiger partial charge in [0.05, 0.1) is 11.4 Å². The van der Waals surface area contributed by atoms with Gasteiger partial charge in [0.25, 0.3) is 5.89 Å². The molecule has 1 saturated heterocycles. The summed E-state index contributed by atoms with van der Waals surface area (Å²) in [4.78, 5) is 21.4. The molecule has 0 bridgehead atoms. The highest BCUT2D eigenvalue weighted by atomic mass is 32.1. The van der Waals surface area contributed by atoms with E-state index in [1.54, 1.807) is 16.2 Å². The molecule has 0 aliphatic carbocycles. The van der Waals surface area contributed by atoms with Gasteiger partial charge in [0.1, 0.15) is 5.60 Å². The zero-order chi connectivity index (χ0) is 17.2. The number of ether oxygens (including phenoxy) is 1. The van der Waals surface area contributed by atoms with Crippen molar-refractivity contribution in [2.24, 2.45) is 0 Å². The van der Waals surface area contributed by atoms with Gasteiger partial charge >= 0.3 is 6.09 Å². The first-order valence-electron chi connectivity index (χ1n) is 7.97. The molecule has 3 heterocycles. The molecule has 130 valence electrons. The van der Waals surface area contributed by atoms with Crippen LogP contribution < -0.4 is 0 Å². The molecule has 3 rings (SSSR count). The first-order chi connectivity index (χ1) is 11.4. The molecule has 1 amide bonds. The molecule has 7 nitrogen and oxygen atoms in total. The van der Waals surface area contributed by atoms with Crippen LogP contribution in [0.25, 0.3) is 10.8 Å². The minimum Gasteiger partial charge on any atom is -0.444 e. The van der Waals surface area contributed by atoms with E-state index in [1.165, 1.54) is 0 Å². The zero-order valence-electron chi connectivity index (χ0n) is 14.2. The van der Waals surface area contributed by atoms with Crippen molar-refractivity contribution in [1.82, 2.24) is 19.9 Å². The van der Waals surface area contributed by atoms with Gasteiger partial charge in [-0.25, -0.2) is 4.79 Å². The molecule has 1 aliphatic heterocycles. The van der Waals surface area contributed by atoms with Crippen molar-refractivity contribution in [3.05, 3.63) is 23.3 Å². The highest BCUT2D eigenvalue weighted by molar-refractivity contribution is 7.13. The molecule has 8 heteroatoms. The van der Waals surface area contributed by atoms with Crippen LogP contribution in [0, 0.1) is 0 Å². The number of carbonyl (C=O) groups excluding carboxylic acids is 1. The number of hydrogen-bond donors (Lipinski definition) is 0. The molecule has 0 N–H and O–H groups in total. The van der Waals surface area contributed by atoms with Gasteiger partial charge in [-0.3, -0.25) is 4.90 Å². The van der Waals surface area contributed by atoms with Crippen LogP contribution in [0.1, 0.15) is 26.6 Å². The van der Waals surface area contributed by atoms with Gasteiger partial charge in [0, 0.05) is 26.2 Å². The number of hydrogen-bond acceptors (Lipinski definition) is 7. The summed E-state index contributed by atoms with van der Waals surface area (Å²) in [5, 5.41) is 6.02. The molecule has 0 radical (unpaired) electrons. The average molecular weight is 350 g/mol. The molecular formula is C16H22N4O3S. The van der Waals surface area contributed by atoms with Crippen molar-refractivity contribution in [2.45, 2.75) is 32.9 Å². The molecule has 0 spiro atoms. The predicted molar refractivity (Wildman–Crippen MR) is 90.7 cm³/mol. The first kappa shape index (κ1) is 16.9. The number of thiophene rings is 1. The van der Waals surface area contributed by atoms with E-state index in [1.807, 2.05) is 38.3 Å². The Morgan fingerprint density at radius 2 is 2.08 bits per heavy atom. The van der Waals surface area contributed by atoms with E-state index in [4.69, 9.17) is 9.26 Å². The van der Waals surface area contributed by atoms with Crippen LogP contribution in [-0.2, 0) is 11.3 Å². The maximum Gasteiger partial charge on any atom is 0.410 e. The van der Waals surface area contributed by atoms with Crippen LogP contribution in [0.15, 0.2) is 22.0 Å². The summed E-state index contributed by atoms with van der Waals surface area (Å²) in [5.41, 5.74) is -0.461. The summed E-state index contributed by atoms with van der Waals surface area (Å²) in [6.07, 6.45) is -0.248. The Bertz CT molecular complexity index is 670. The van der Waals surface area contributed by atoms with Gasteiger partial charge in [-0.1, -0.05) is 11.2 Å². The van der Waals surface area contributed by atoms with Crippen molar-refractivity contribution in [2.75, 3.05) is 26.2 Å². The van der Waals surface area contributed by atoms with Crippen molar-refractivity contribution in [3.63, 3.8) is 0 Å². The Kier molecular flexibility index (Phi) is 4.86. The normalized spacial score (nSPS) is 16.4. The molecule has 1 fully saturated rings. The Balaban J connectivity index is 1.50. The quantitative estimate of drug-likeness (QED) is 0.848. The molecule has 2 aromatic rings. The van der Waals surface area contributed by atoms with E-state index in [-0.39, 0.29) is 6.09 Å². The minimum absolute atomic E-state index is 0.248. The fourth-order valence-electron chi connectivity index (χ4n) is 2.43. The number of rotatable bonds is 3. The van der Waals surface area contributed by atoms with Crippen molar-refractivity contribution in [3.8, 4) is 10.8 Å². The third-order valence-electron chi connectivity index (χ3n) is 3.59. The van der Waals surface area contributed by atoms with Crippen LogP contribution in [-0.4, -0.2) is 57.8 Å². The summed E-state index contributed by atoms with van der Waals surface area (Å²) in [7, 11) is 0. The smallest absolute Gasteiger partial charge is 0.410 e. The van der Waals surface area contributed by atoms with E-state index < -0.39 is 5.60 Å². The molecule has 0 aromatic carbocycles. The number of amides is 1. The third kappa shape index (κ3) is 4.33. The Morgan fingerprint density at radius 3 is 2.71 bits per heavy atom. The standard InChI is InChI=1S/C16H22N4O3S/c1-16(2,3)22-15(21)20-8-6-19(7-9-20)11-13-17-14(23-18-13)12-5-4-10-24-12/h4-5,10H,6-9,11H2,1-3H3. The van der Waals surface area contributed by atoms with Crippen LogP contribution in [0.5, 0.6) is 0 Å². The highest BCUT2D eigenvalue weighted by Crippen LogP contribution is 2.22. The largest absolute Gasteiger partial charge is 0.444 e. The summed E-state index contributed by atoms with van der Waals surface area (Å²) in [6, 6.07) is 3.92. The molecule has 1 aliphatic rings. The molecule has 0 atom stereocenters. The Hall–Kier alpha value is -1.93. The monoisotopic (exact) mass is 350 g/mol. The van der Waals surface area contributed by atoms with Gasteiger partial charge < -0.3 is 14.2 Å². The Labute approximate surface area is 145 Å². The second-order valence-electron chi connectivity index (χ2n) is 6.74. The van der Waals surface area contributed by atoms with Crippen LogP contribution in [0.2, 0.25) is 0 Å². The average Bonchev–Trinajstić information content (AvgIpc) is 3.16. The van der Waals surface area contributed by atoms with Crippen LogP contribution in [0.4, 0.5) is 4.79 Å². The molecular weight excluding hydrogens is 328 g/mol. The SMILES string of the molecule is CC(C)(C)OC(=O)N1CCN(Cc2noc(-c3cccs3)n2)CC1. The number of aromatic nitrogens is 2. The molecule has 0 unspecified atom stereocenters. The lowest BCUT2D eigenvalue weighted by Crippen LogP contribution is -2.49. The van der Waals surface area contributed by atoms with Gasteiger partial charge in [-0.05, 0) is 32.2 Å². The number of carbonyl (C=O) groups is 1. The van der Waals surface area contributed by atoms with Crippen molar-refractivity contribution in [1.29, 1.82) is 0 Å². The van der Waals surface area contributed by atoms with Gasteiger partial charge in [-0.15, -0.1) is 11.3 Å². The summed E-state index contributed by atoms with van der Waals surface area (Å²) < 4.78 is 10.7. The summed E-state index contributed by atoms with van der Waals surface area (Å²) in [5.74, 6) is 1.23. The zero-order valence-corrected chi connectivity index (χ0v) is 15.0.